The maximum atomic E-state index is 14.4. The number of aryl methyl sites for hydroxylation is 1. The van der Waals surface area contributed by atoms with Crippen molar-refractivity contribution in [1.29, 1.82) is 0 Å². The fourth-order valence-corrected chi connectivity index (χ4v) is 4.04. The molecule has 1 amide bonds. The number of para-hydroxylation sites is 1. The second-order valence-corrected chi connectivity index (χ2v) is 7.79. The Morgan fingerprint density at radius 3 is 2.94 bits per heavy atom. The standard InChI is InChI=1S/C24H23FN6O3/c1-31-11-10-27-19(31)13-34-18-12-26-8-6-14(18)21-22(20-16(29-21)7-9-28-24(20)32)30-17-5-3-4-15(25)23(17)33-2/h3-6,8,10-12,29-30H,7,9,13H2,1-2H3,(H,28,32). The van der Waals surface area contributed by atoms with Gasteiger partial charge in [-0.15, -0.1) is 0 Å². The van der Waals surface area contributed by atoms with E-state index in [0.717, 1.165) is 11.5 Å². The number of carbonyl (C=O) groups excluding carboxylic acids is 1. The number of imidazole rings is 1. The van der Waals surface area contributed by atoms with Crippen molar-refractivity contribution in [3.63, 3.8) is 0 Å². The van der Waals surface area contributed by atoms with Crippen LogP contribution in [0.1, 0.15) is 21.9 Å². The van der Waals surface area contributed by atoms with Crippen molar-refractivity contribution < 1.29 is 18.7 Å². The van der Waals surface area contributed by atoms with E-state index in [1.807, 2.05) is 17.8 Å². The van der Waals surface area contributed by atoms with Crippen molar-refractivity contribution in [2.75, 3.05) is 19.0 Å². The molecule has 0 bridgehead atoms. The lowest BCUT2D eigenvalue weighted by Gasteiger charge is -2.17. The van der Waals surface area contributed by atoms with Crippen molar-refractivity contribution in [2.45, 2.75) is 13.0 Å². The zero-order chi connectivity index (χ0) is 23.7. The van der Waals surface area contributed by atoms with E-state index < -0.39 is 5.82 Å². The Morgan fingerprint density at radius 2 is 2.15 bits per heavy atom. The Bertz CT molecular complexity index is 1360. The van der Waals surface area contributed by atoms with Crippen LogP contribution in [-0.2, 0) is 20.1 Å². The maximum Gasteiger partial charge on any atom is 0.255 e. The van der Waals surface area contributed by atoms with Crippen molar-refractivity contribution in [3.05, 3.63) is 72.0 Å². The minimum atomic E-state index is -0.508. The predicted molar refractivity (Wildman–Crippen MR) is 124 cm³/mol. The van der Waals surface area contributed by atoms with Crippen molar-refractivity contribution in [1.82, 2.24) is 24.8 Å². The van der Waals surface area contributed by atoms with E-state index in [2.05, 4.69) is 25.6 Å². The molecule has 4 aromatic rings. The molecule has 9 nitrogen and oxygen atoms in total. The van der Waals surface area contributed by atoms with Crippen molar-refractivity contribution in [3.8, 4) is 22.8 Å². The summed E-state index contributed by atoms with van der Waals surface area (Å²) in [6.07, 6.45) is 7.44. The summed E-state index contributed by atoms with van der Waals surface area (Å²) < 4.78 is 27.6. The summed E-state index contributed by atoms with van der Waals surface area (Å²) in [5.41, 5.74) is 3.48. The molecule has 0 fully saturated rings. The number of ether oxygens (including phenoxy) is 2. The average Bonchev–Trinajstić information content (AvgIpc) is 3.42. The van der Waals surface area contributed by atoms with E-state index in [-0.39, 0.29) is 18.3 Å². The van der Waals surface area contributed by atoms with Crippen LogP contribution in [0.2, 0.25) is 0 Å². The number of benzene rings is 1. The fourth-order valence-electron chi connectivity index (χ4n) is 4.04. The lowest BCUT2D eigenvalue weighted by molar-refractivity contribution is 0.0947. The Hall–Kier alpha value is -4.34. The van der Waals surface area contributed by atoms with E-state index in [9.17, 15) is 9.18 Å². The molecule has 0 saturated heterocycles. The number of methoxy groups -OCH3 is 1. The topological polar surface area (TPSA) is 106 Å². The summed E-state index contributed by atoms with van der Waals surface area (Å²) in [7, 11) is 3.29. The highest BCUT2D eigenvalue weighted by atomic mass is 19.1. The highest BCUT2D eigenvalue weighted by Crippen LogP contribution is 2.42. The number of rotatable bonds is 7. The zero-order valence-electron chi connectivity index (χ0n) is 18.7. The van der Waals surface area contributed by atoms with Crippen LogP contribution in [0.5, 0.6) is 11.5 Å². The first-order valence-corrected chi connectivity index (χ1v) is 10.7. The second kappa shape index (κ2) is 8.89. The molecule has 3 N–H and O–H groups in total. The SMILES string of the molecule is COc1c(F)cccc1Nc1c(-c2ccncc2OCc2nccn2C)[nH]c2c1C(=O)NCC2. The van der Waals surface area contributed by atoms with Gasteiger partial charge in [0.25, 0.3) is 5.91 Å². The first-order chi connectivity index (χ1) is 16.6. The van der Waals surface area contributed by atoms with Gasteiger partial charge in [0, 0.05) is 49.9 Å². The van der Waals surface area contributed by atoms with Gasteiger partial charge in [0.1, 0.15) is 18.2 Å². The molecule has 1 aromatic carbocycles. The highest BCUT2D eigenvalue weighted by Gasteiger charge is 2.29. The molecular weight excluding hydrogens is 439 g/mol. The van der Waals surface area contributed by atoms with Crippen LogP contribution in [0.15, 0.2) is 49.1 Å². The van der Waals surface area contributed by atoms with Crippen LogP contribution in [0, 0.1) is 5.82 Å². The molecule has 1 aliphatic rings. The van der Waals surface area contributed by atoms with Gasteiger partial charge in [-0.25, -0.2) is 9.37 Å². The third-order valence-electron chi connectivity index (χ3n) is 5.73. The monoisotopic (exact) mass is 462 g/mol. The number of hydrogen-bond acceptors (Lipinski definition) is 6. The van der Waals surface area contributed by atoms with Crippen LogP contribution in [-0.4, -0.2) is 39.1 Å². The maximum absolute atomic E-state index is 14.4. The van der Waals surface area contributed by atoms with Gasteiger partial charge in [-0.05, 0) is 18.2 Å². The van der Waals surface area contributed by atoms with Gasteiger partial charge in [-0.1, -0.05) is 6.07 Å². The third-order valence-corrected chi connectivity index (χ3v) is 5.73. The molecule has 1 aliphatic heterocycles. The van der Waals surface area contributed by atoms with Gasteiger partial charge in [-0.2, -0.15) is 0 Å². The van der Waals surface area contributed by atoms with Gasteiger partial charge in [0.05, 0.1) is 35.9 Å². The number of nitrogens with zero attached hydrogens (tertiary/aromatic N) is 3. The summed E-state index contributed by atoms with van der Waals surface area (Å²) >= 11 is 0. The van der Waals surface area contributed by atoms with E-state index in [4.69, 9.17) is 9.47 Å². The summed E-state index contributed by atoms with van der Waals surface area (Å²) in [4.78, 5) is 24.7. The van der Waals surface area contributed by atoms with Gasteiger partial charge in [0.15, 0.2) is 11.6 Å². The normalized spacial score (nSPS) is 12.7. The number of halogens is 1. The molecule has 34 heavy (non-hydrogen) atoms. The number of aromatic amines is 1. The molecule has 174 valence electrons. The molecule has 10 heteroatoms. The minimum Gasteiger partial charge on any atom is -0.492 e. The summed E-state index contributed by atoms with van der Waals surface area (Å²) in [5, 5.41) is 6.10. The minimum absolute atomic E-state index is 0.0561. The first kappa shape index (κ1) is 21.5. The van der Waals surface area contributed by atoms with Crippen LogP contribution in [0.3, 0.4) is 0 Å². The molecule has 0 saturated carbocycles. The van der Waals surface area contributed by atoms with Crippen LogP contribution >= 0.6 is 0 Å². The molecule has 4 heterocycles. The van der Waals surface area contributed by atoms with Crippen LogP contribution in [0.25, 0.3) is 11.3 Å². The second-order valence-electron chi connectivity index (χ2n) is 7.79. The van der Waals surface area contributed by atoms with Gasteiger partial charge in [-0.3, -0.25) is 9.78 Å². The van der Waals surface area contributed by atoms with Gasteiger partial charge >= 0.3 is 0 Å². The van der Waals surface area contributed by atoms with E-state index in [1.54, 1.807) is 36.8 Å². The number of fused-ring (bicyclic) bond motifs is 1. The van der Waals surface area contributed by atoms with Crippen molar-refractivity contribution >= 4 is 17.3 Å². The lowest BCUT2D eigenvalue weighted by Crippen LogP contribution is -2.31. The summed E-state index contributed by atoms with van der Waals surface area (Å²) in [6, 6.07) is 6.39. The van der Waals surface area contributed by atoms with Gasteiger partial charge in [0.2, 0.25) is 0 Å². The lowest BCUT2D eigenvalue weighted by atomic mass is 10.0. The summed E-state index contributed by atoms with van der Waals surface area (Å²) in [6.45, 7) is 0.761. The molecule has 0 spiro atoms. The predicted octanol–water partition coefficient (Wildman–Crippen LogP) is 3.57. The molecule has 0 atom stereocenters. The molecule has 0 unspecified atom stereocenters. The smallest absolute Gasteiger partial charge is 0.255 e. The van der Waals surface area contributed by atoms with E-state index in [1.165, 1.54) is 13.2 Å². The quantitative estimate of drug-likeness (QED) is 0.388. The number of aromatic nitrogens is 4. The number of hydrogen-bond donors (Lipinski definition) is 3. The molecule has 3 aromatic heterocycles. The number of amides is 1. The number of pyridine rings is 1. The molecule has 0 radical (unpaired) electrons. The Labute approximate surface area is 195 Å². The number of H-pyrrole nitrogens is 1. The van der Waals surface area contributed by atoms with Crippen LogP contribution in [0.4, 0.5) is 15.8 Å². The number of carbonyl (C=O) groups is 1. The Morgan fingerprint density at radius 1 is 1.26 bits per heavy atom. The number of nitrogens with one attached hydrogen (secondary N) is 3. The Balaban J connectivity index is 1.60. The number of anilines is 2. The van der Waals surface area contributed by atoms with E-state index >= 15 is 0 Å². The largest absolute Gasteiger partial charge is 0.492 e. The van der Waals surface area contributed by atoms with Gasteiger partial charge < -0.3 is 29.7 Å². The average molecular weight is 462 g/mol. The molecule has 5 rings (SSSR count). The van der Waals surface area contributed by atoms with Crippen molar-refractivity contribution in [2.24, 2.45) is 7.05 Å². The first-order valence-electron chi connectivity index (χ1n) is 10.7. The molecular formula is C24H23FN6O3. The van der Waals surface area contributed by atoms with Crippen LogP contribution < -0.4 is 20.1 Å². The summed E-state index contributed by atoms with van der Waals surface area (Å²) in [5.74, 6) is 0.597. The Kier molecular flexibility index (Phi) is 5.62. The zero-order valence-corrected chi connectivity index (χ0v) is 18.7. The third kappa shape index (κ3) is 3.83. The fraction of sp³-hybridized carbons (Fsp3) is 0.208. The highest BCUT2D eigenvalue weighted by molar-refractivity contribution is 6.06. The van der Waals surface area contributed by atoms with E-state index in [0.29, 0.717) is 46.9 Å². The molecule has 0 aliphatic carbocycles.